The van der Waals surface area contributed by atoms with Crippen molar-refractivity contribution < 1.29 is 19.0 Å². The molecule has 1 N–H and O–H groups in total. The summed E-state index contributed by atoms with van der Waals surface area (Å²) in [6, 6.07) is 9.88. The first kappa shape index (κ1) is 22.6. The number of nitrogens with one attached hydrogen (secondary N) is 1. The van der Waals surface area contributed by atoms with Gasteiger partial charge >= 0.3 is 0 Å². The molecule has 9 heteroatoms. The molecule has 2 aromatic heterocycles. The summed E-state index contributed by atoms with van der Waals surface area (Å²) in [6.07, 6.45) is 2.48. The highest BCUT2D eigenvalue weighted by molar-refractivity contribution is 7.98. The lowest BCUT2D eigenvalue weighted by molar-refractivity contribution is -0.140. The monoisotopic (exact) mass is 456 g/mol. The molecule has 1 saturated heterocycles. The average molecular weight is 457 g/mol. The van der Waals surface area contributed by atoms with Crippen LogP contribution in [-0.2, 0) is 20.0 Å². The van der Waals surface area contributed by atoms with Gasteiger partial charge in [0, 0.05) is 37.0 Å². The van der Waals surface area contributed by atoms with Gasteiger partial charge in [0.25, 0.3) is 0 Å². The van der Waals surface area contributed by atoms with Crippen molar-refractivity contribution in [2.75, 3.05) is 46.1 Å². The van der Waals surface area contributed by atoms with E-state index < -0.39 is 0 Å². The lowest BCUT2D eigenvalue weighted by Gasteiger charge is -2.26. The fourth-order valence-corrected chi connectivity index (χ4v) is 4.31. The van der Waals surface area contributed by atoms with Gasteiger partial charge in [0.05, 0.1) is 43.2 Å². The number of morpholine rings is 1. The Balaban J connectivity index is 1.19. The van der Waals surface area contributed by atoms with Crippen molar-refractivity contribution in [1.29, 1.82) is 0 Å². The topological polar surface area (TPSA) is 89.6 Å². The first-order valence-corrected chi connectivity index (χ1v) is 11.8. The molecule has 0 bridgehead atoms. The zero-order valence-electron chi connectivity index (χ0n) is 18.2. The molecule has 0 spiro atoms. The van der Waals surface area contributed by atoms with Crippen molar-refractivity contribution in [2.45, 2.75) is 24.3 Å². The van der Waals surface area contributed by atoms with Crippen LogP contribution in [0.4, 0.5) is 0 Å². The minimum absolute atomic E-state index is 0.0193. The lowest BCUT2D eigenvalue weighted by atomic mass is 10.2. The number of para-hydroxylation sites is 2. The van der Waals surface area contributed by atoms with E-state index in [1.165, 1.54) is 0 Å². The second kappa shape index (κ2) is 11.3. The normalized spacial score (nSPS) is 14.1. The van der Waals surface area contributed by atoms with E-state index in [0.29, 0.717) is 51.7 Å². The Bertz CT molecular complexity index is 1000. The molecular weight excluding hydrogens is 428 g/mol. The Kier molecular flexibility index (Phi) is 7.97. The molecule has 1 aliphatic heterocycles. The van der Waals surface area contributed by atoms with Crippen LogP contribution in [0.2, 0.25) is 0 Å². The number of carbonyl (C=O) groups excluding carboxylic acids is 1. The number of benzene rings is 1. The molecular formula is C23H28N4O4S. The summed E-state index contributed by atoms with van der Waals surface area (Å²) >= 11 is 1.62. The number of fused-ring (bicyclic) bond motifs is 1. The summed E-state index contributed by atoms with van der Waals surface area (Å²) in [6.45, 7) is 5.62. The number of thioether (sulfide) groups is 1. The van der Waals surface area contributed by atoms with Gasteiger partial charge in [-0.1, -0.05) is 23.9 Å². The second-order valence-electron chi connectivity index (χ2n) is 7.48. The Morgan fingerprint density at radius 2 is 2.06 bits per heavy atom. The average Bonchev–Trinajstić information content (AvgIpc) is 3.25. The predicted octanol–water partition coefficient (Wildman–Crippen LogP) is 3.20. The third-order valence-corrected chi connectivity index (χ3v) is 6.14. The van der Waals surface area contributed by atoms with Crippen molar-refractivity contribution in [1.82, 2.24) is 19.9 Å². The van der Waals surface area contributed by atoms with E-state index in [4.69, 9.17) is 14.2 Å². The number of aromatic amines is 1. The smallest absolute Gasteiger partial charge is 0.248 e. The van der Waals surface area contributed by atoms with E-state index in [1.54, 1.807) is 22.9 Å². The van der Waals surface area contributed by atoms with Crippen molar-refractivity contribution >= 4 is 28.7 Å². The van der Waals surface area contributed by atoms with Crippen LogP contribution in [-0.4, -0.2) is 71.9 Å². The number of aromatic nitrogens is 3. The Labute approximate surface area is 191 Å². The summed E-state index contributed by atoms with van der Waals surface area (Å²) in [7, 11) is 0. The first-order chi connectivity index (χ1) is 15.7. The number of ether oxygens (including phenoxy) is 3. The van der Waals surface area contributed by atoms with E-state index in [-0.39, 0.29) is 12.5 Å². The quantitative estimate of drug-likeness (QED) is 0.370. The van der Waals surface area contributed by atoms with Crippen LogP contribution in [0, 0.1) is 6.92 Å². The van der Waals surface area contributed by atoms with Gasteiger partial charge in [-0.05, 0) is 25.1 Å². The predicted molar refractivity (Wildman–Crippen MR) is 123 cm³/mol. The number of hydrogen-bond acceptors (Lipinski definition) is 7. The number of amides is 1. The van der Waals surface area contributed by atoms with Gasteiger partial charge in [0.15, 0.2) is 5.16 Å². The standard InChI is InChI=1S/C23H28N4O4S/c1-17-20(16-32-23-25-18-5-2-3-6-19(18)26-23)24-8-7-21(17)31-12-4-11-30-15-22(28)27-9-13-29-14-10-27/h2-3,5-8H,4,9-16H2,1H3,(H,25,26). The molecule has 8 nitrogen and oxygen atoms in total. The second-order valence-corrected chi connectivity index (χ2v) is 8.44. The van der Waals surface area contributed by atoms with Crippen LogP contribution in [0.15, 0.2) is 41.7 Å². The van der Waals surface area contributed by atoms with Crippen LogP contribution in [0.5, 0.6) is 5.75 Å². The van der Waals surface area contributed by atoms with Gasteiger partial charge in [-0.25, -0.2) is 4.98 Å². The van der Waals surface area contributed by atoms with Gasteiger partial charge in [0.2, 0.25) is 5.91 Å². The first-order valence-electron chi connectivity index (χ1n) is 10.8. The van der Waals surface area contributed by atoms with Gasteiger partial charge in [-0.2, -0.15) is 0 Å². The van der Waals surface area contributed by atoms with Crippen molar-refractivity contribution in [2.24, 2.45) is 0 Å². The van der Waals surface area contributed by atoms with Crippen LogP contribution in [0.3, 0.4) is 0 Å². The number of imidazole rings is 1. The summed E-state index contributed by atoms with van der Waals surface area (Å²) in [5.74, 6) is 1.55. The maximum absolute atomic E-state index is 12.0. The van der Waals surface area contributed by atoms with E-state index in [9.17, 15) is 4.79 Å². The Morgan fingerprint density at radius 1 is 1.22 bits per heavy atom. The molecule has 0 unspecified atom stereocenters. The molecule has 4 rings (SSSR count). The van der Waals surface area contributed by atoms with Gasteiger partial charge in [-0.3, -0.25) is 9.78 Å². The molecule has 1 aromatic carbocycles. The van der Waals surface area contributed by atoms with Crippen molar-refractivity contribution in [3.8, 4) is 5.75 Å². The Hall–Kier alpha value is -2.62. The highest BCUT2D eigenvalue weighted by atomic mass is 32.2. The van der Waals surface area contributed by atoms with Gasteiger partial charge in [-0.15, -0.1) is 0 Å². The maximum atomic E-state index is 12.0. The number of carbonyl (C=O) groups is 1. The highest BCUT2D eigenvalue weighted by Gasteiger charge is 2.16. The van der Waals surface area contributed by atoms with Gasteiger partial charge < -0.3 is 24.1 Å². The van der Waals surface area contributed by atoms with Crippen LogP contribution in [0.25, 0.3) is 11.0 Å². The Morgan fingerprint density at radius 3 is 2.91 bits per heavy atom. The van der Waals surface area contributed by atoms with Crippen molar-refractivity contribution in [3.63, 3.8) is 0 Å². The molecule has 32 heavy (non-hydrogen) atoms. The molecule has 0 saturated carbocycles. The number of H-pyrrole nitrogens is 1. The molecule has 1 fully saturated rings. The van der Waals surface area contributed by atoms with Crippen LogP contribution >= 0.6 is 11.8 Å². The summed E-state index contributed by atoms with van der Waals surface area (Å²) < 4.78 is 16.7. The van der Waals surface area contributed by atoms with Gasteiger partial charge in [0.1, 0.15) is 12.4 Å². The minimum atomic E-state index is 0.0193. The molecule has 0 aliphatic carbocycles. The zero-order chi connectivity index (χ0) is 22.2. The highest BCUT2D eigenvalue weighted by Crippen LogP contribution is 2.27. The minimum Gasteiger partial charge on any atom is -0.493 e. The number of rotatable bonds is 10. The number of pyridine rings is 1. The van der Waals surface area contributed by atoms with E-state index >= 15 is 0 Å². The number of hydrogen-bond donors (Lipinski definition) is 1. The van der Waals surface area contributed by atoms with Crippen LogP contribution in [0.1, 0.15) is 17.7 Å². The maximum Gasteiger partial charge on any atom is 0.248 e. The molecule has 170 valence electrons. The third kappa shape index (κ3) is 5.99. The van der Waals surface area contributed by atoms with E-state index in [0.717, 1.165) is 33.2 Å². The molecule has 1 aliphatic rings. The molecule has 0 radical (unpaired) electrons. The SMILES string of the molecule is Cc1c(OCCCOCC(=O)N2CCOCC2)ccnc1CSc1nc2ccccc2[nH]1. The van der Waals surface area contributed by atoms with Crippen LogP contribution < -0.4 is 4.74 Å². The van der Waals surface area contributed by atoms with Crippen molar-refractivity contribution in [3.05, 3.63) is 47.8 Å². The lowest BCUT2D eigenvalue weighted by Crippen LogP contribution is -2.42. The summed E-state index contributed by atoms with van der Waals surface area (Å²) in [5.41, 5.74) is 4.00. The largest absolute Gasteiger partial charge is 0.493 e. The fourth-order valence-electron chi connectivity index (χ4n) is 3.40. The summed E-state index contributed by atoms with van der Waals surface area (Å²) in [5, 5.41) is 0.877. The summed E-state index contributed by atoms with van der Waals surface area (Å²) in [4.78, 5) is 26.3. The third-order valence-electron chi connectivity index (χ3n) is 5.25. The molecule has 1 amide bonds. The molecule has 3 aromatic rings. The zero-order valence-corrected chi connectivity index (χ0v) is 19.0. The molecule has 0 atom stereocenters. The fraction of sp³-hybridized carbons (Fsp3) is 0.435. The van der Waals surface area contributed by atoms with E-state index in [2.05, 4.69) is 15.0 Å². The molecule has 3 heterocycles. The van der Waals surface area contributed by atoms with E-state index in [1.807, 2.05) is 37.3 Å². The number of nitrogens with zero attached hydrogens (tertiary/aromatic N) is 3.